The molecular weight excluding hydrogens is 1050 g/mol. The average Bonchev–Trinajstić information content (AvgIpc) is 4.39. The molecule has 3 amide bonds. The van der Waals surface area contributed by atoms with Gasteiger partial charge in [0, 0.05) is 61.6 Å². The van der Waals surface area contributed by atoms with Gasteiger partial charge in [-0.15, -0.1) is 0 Å². The van der Waals surface area contributed by atoms with Crippen molar-refractivity contribution in [2.45, 2.75) is 65.2 Å². The van der Waals surface area contributed by atoms with Crippen LogP contribution in [0.1, 0.15) is 89.3 Å². The zero-order valence-electron chi connectivity index (χ0n) is 41.5. The van der Waals surface area contributed by atoms with E-state index in [9.17, 15) is 50.5 Å². The lowest BCUT2D eigenvalue weighted by Gasteiger charge is -2.35. The molecule has 78 heavy (non-hydrogen) atoms. The molecule has 21 heteroatoms. The van der Waals surface area contributed by atoms with Crippen molar-refractivity contribution in [1.29, 1.82) is 0 Å². The number of nitrogens with two attached hydrogens (primary N) is 1. The summed E-state index contributed by atoms with van der Waals surface area (Å²) in [6.07, 6.45) is 4.68. The molecule has 0 bridgehead atoms. The third-order valence-electron chi connectivity index (χ3n) is 13.3. The molecule has 2 aliphatic carbocycles. The van der Waals surface area contributed by atoms with E-state index >= 15 is 0 Å². The molecule has 0 spiro atoms. The summed E-state index contributed by atoms with van der Waals surface area (Å²) in [5.74, 6) is -1.18. The van der Waals surface area contributed by atoms with Gasteiger partial charge >= 0.3 is 0 Å². The minimum absolute atomic E-state index is 0. The molecular formula is C57H63ClF2N8O9S. The van der Waals surface area contributed by atoms with Crippen LogP contribution < -0.4 is 16.4 Å². The number of H-pyrrole nitrogens is 2. The average molecular weight is 1110 g/mol. The molecule has 2 aliphatic heterocycles. The lowest BCUT2D eigenvalue weighted by Crippen LogP contribution is -2.89. The van der Waals surface area contributed by atoms with Crippen molar-refractivity contribution in [3.8, 4) is 0 Å². The van der Waals surface area contributed by atoms with Crippen molar-refractivity contribution >= 4 is 66.2 Å². The number of carbonyl (C=O) groups excluding carboxylic acids is 4. The van der Waals surface area contributed by atoms with Crippen LogP contribution in [0, 0.1) is 30.4 Å². The van der Waals surface area contributed by atoms with E-state index in [1.54, 1.807) is 75.4 Å². The number of fused-ring (bicyclic) bond motifs is 2. The van der Waals surface area contributed by atoms with E-state index in [1.165, 1.54) is 24.3 Å². The first-order valence-electron chi connectivity index (χ1n) is 24.9. The summed E-state index contributed by atoms with van der Waals surface area (Å²) in [5, 5.41) is 17.9. The van der Waals surface area contributed by atoms with Crippen LogP contribution in [0.15, 0.2) is 124 Å². The highest BCUT2D eigenvalue weighted by molar-refractivity contribution is 7.85. The maximum atomic E-state index is 14.6. The molecule has 17 nitrogen and oxygen atoms in total. The van der Waals surface area contributed by atoms with Gasteiger partial charge in [0.25, 0.3) is 22.9 Å². The molecule has 2 saturated heterocycles. The number of hydrogen-bond acceptors (Lipinski definition) is 11. The summed E-state index contributed by atoms with van der Waals surface area (Å²) in [7, 11) is -4.27. The largest absolute Gasteiger partial charge is 0.744 e. The van der Waals surface area contributed by atoms with Gasteiger partial charge in [-0.25, -0.2) is 27.4 Å². The van der Waals surface area contributed by atoms with Gasteiger partial charge in [-0.05, 0) is 104 Å². The van der Waals surface area contributed by atoms with Crippen molar-refractivity contribution in [3.63, 3.8) is 0 Å². The Labute approximate surface area is 455 Å². The summed E-state index contributed by atoms with van der Waals surface area (Å²) in [4.78, 5) is 76.8. The van der Waals surface area contributed by atoms with Crippen LogP contribution in [0.2, 0.25) is 0 Å². The van der Waals surface area contributed by atoms with Gasteiger partial charge in [-0.2, -0.15) is 10.2 Å². The maximum absolute atomic E-state index is 14.6. The molecule has 4 fully saturated rings. The Morgan fingerprint density at radius 2 is 1.03 bits per heavy atom. The van der Waals surface area contributed by atoms with E-state index in [0.29, 0.717) is 74.3 Å². The highest BCUT2D eigenvalue weighted by atomic mass is 35.5. The van der Waals surface area contributed by atoms with Crippen molar-refractivity contribution in [2.24, 2.45) is 11.8 Å². The lowest BCUT2D eigenvalue weighted by atomic mass is 10.0. The number of piperazine rings is 2. The quantitative estimate of drug-likeness (QED) is 0.106. The van der Waals surface area contributed by atoms with Gasteiger partial charge in [0.2, 0.25) is 11.1 Å². The Morgan fingerprint density at radius 3 is 1.42 bits per heavy atom. The number of rotatable bonds is 9. The Morgan fingerprint density at radius 1 is 0.615 bits per heavy atom. The first kappa shape index (κ1) is 59.7. The Balaban J connectivity index is 0.000000192. The van der Waals surface area contributed by atoms with E-state index in [-0.39, 0.29) is 76.8 Å². The lowest BCUT2D eigenvalue weighted by molar-refractivity contribution is -0.661. The molecule has 0 radical (unpaired) electrons. The van der Waals surface area contributed by atoms with Crippen LogP contribution in [-0.4, -0.2) is 123 Å². The van der Waals surface area contributed by atoms with E-state index < -0.39 is 21.8 Å². The van der Waals surface area contributed by atoms with Crippen LogP contribution in [0.5, 0.6) is 0 Å². The molecule has 11 rings (SSSR count). The van der Waals surface area contributed by atoms with Gasteiger partial charge in [0.1, 0.15) is 21.8 Å². The number of carbonyl (C=O) groups is 4. The van der Waals surface area contributed by atoms with Gasteiger partial charge in [0.15, 0.2) is 0 Å². The highest BCUT2D eigenvalue weighted by Crippen LogP contribution is 2.32. The van der Waals surface area contributed by atoms with Crippen LogP contribution in [0.4, 0.5) is 8.78 Å². The fourth-order valence-electron chi connectivity index (χ4n) is 8.72. The number of halogens is 3. The zero-order chi connectivity index (χ0) is 54.1. The SMILES string of the molecule is C.C.Cc1ccc(S(=O)(=O)[O-])cc1.O=C(Cl)C1CC1.O=C(c1cc(Cc2n[nH]c(=O)c3ccccc23)ccc1F)N1CCN(C(=O)C2CC2)CC1.O=C(c1cc(Cc2n[nH]c(=O)c3ccccc23)ccc1F)N1CC[NH2+]CC1. The monoisotopic (exact) mass is 1110 g/mol. The first-order chi connectivity index (χ1) is 36.4. The third-order valence-corrected chi connectivity index (χ3v) is 14.5. The first-order valence-corrected chi connectivity index (χ1v) is 26.6. The number of quaternary nitrogens is 1. The maximum Gasteiger partial charge on any atom is 0.272 e. The third kappa shape index (κ3) is 15.4. The van der Waals surface area contributed by atoms with Crippen molar-refractivity contribution in [2.75, 3.05) is 52.4 Å². The van der Waals surface area contributed by atoms with Crippen LogP contribution in [-0.2, 0) is 32.5 Å². The molecule has 4 N–H and O–H groups in total. The highest BCUT2D eigenvalue weighted by Gasteiger charge is 2.35. The minimum atomic E-state index is -4.27. The number of amides is 3. The molecule has 7 aromatic rings. The number of nitrogens with zero attached hydrogens (tertiary/aromatic N) is 5. The normalized spacial score (nSPS) is 15.0. The van der Waals surface area contributed by atoms with Crippen molar-refractivity contribution in [3.05, 3.63) is 181 Å². The van der Waals surface area contributed by atoms with Crippen molar-refractivity contribution < 1.29 is 46.2 Å². The minimum Gasteiger partial charge on any atom is -0.744 e. The van der Waals surface area contributed by atoms with Gasteiger partial charge < -0.3 is 24.6 Å². The molecule has 0 unspecified atom stereocenters. The fraction of sp³-hybridized carbons (Fsp3) is 0.333. The Kier molecular flexibility index (Phi) is 20.4. The number of aryl methyl sites for hydroxylation is 1. The summed E-state index contributed by atoms with van der Waals surface area (Å²) in [6, 6.07) is 29.2. The number of benzene rings is 5. The number of aromatic nitrogens is 4. The predicted molar refractivity (Wildman–Crippen MR) is 292 cm³/mol. The summed E-state index contributed by atoms with van der Waals surface area (Å²) in [6.45, 7) is 6.48. The topological polar surface area (TPSA) is 243 Å². The molecule has 2 aromatic heterocycles. The number of aromatic amines is 2. The van der Waals surface area contributed by atoms with Crippen LogP contribution >= 0.6 is 11.6 Å². The van der Waals surface area contributed by atoms with Gasteiger partial charge in [0.05, 0.1) is 64.4 Å². The van der Waals surface area contributed by atoms with E-state index in [2.05, 4.69) is 25.7 Å². The van der Waals surface area contributed by atoms with E-state index in [1.807, 2.05) is 31.2 Å². The second-order valence-electron chi connectivity index (χ2n) is 19.0. The molecule has 5 aromatic carbocycles. The zero-order valence-corrected chi connectivity index (χ0v) is 43.0. The Hall–Kier alpha value is -7.52. The van der Waals surface area contributed by atoms with E-state index in [0.717, 1.165) is 66.2 Å². The molecule has 412 valence electrons. The van der Waals surface area contributed by atoms with Crippen molar-refractivity contribution in [1.82, 2.24) is 35.1 Å². The fourth-order valence-corrected chi connectivity index (χ4v) is 9.41. The second kappa shape index (κ2) is 26.7. The predicted octanol–water partition coefficient (Wildman–Crippen LogP) is 6.35. The van der Waals surface area contributed by atoms with Gasteiger partial charge in [-0.1, -0.05) is 81.1 Å². The summed E-state index contributed by atoms with van der Waals surface area (Å²) < 4.78 is 60.0. The summed E-state index contributed by atoms with van der Waals surface area (Å²) in [5.41, 5.74) is 3.35. The standard InChI is InChI=1S/C24H23FN4O3.C20H19FN4O2.C7H8O3S.C4H5ClO.2CH4/c25-20-8-5-15(14-21-17-3-1-2-4-18(17)22(30)27-26-21)13-19(20)24(32)29-11-9-28(10-12-29)23(31)16-6-7-16;21-17-6-5-13(11-16(17)20(27)25-9-7-22-8-10-25)12-18-14-3-1-2-4-15(14)19(26)24-23-18;1-6-2-4-7(5-3-6)11(8,9)10;5-4(6)3-1-2-3;;/h1-5,8,13,16H,6-7,9-12,14H2,(H,27,30);1-6,11,22H,7-10,12H2,(H,24,26);2-5H,1H3,(H,8,9,10);3H,1-2H2;2*1H4. The number of nitrogens with one attached hydrogen (secondary N) is 2. The summed E-state index contributed by atoms with van der Waals surface area (Å²) >= 11 is 5.04. The van der Waals surface area contributed by atoms with E-state index in [4.69, 9.17) is 11.6 Å². The Bertz CT molecular complexity index is 3520. The smallest absolute Gasteiger partial charge is 0.272 e. The van der Waals surface area contributed by atoms with Gasteiger partial charge in [-0.3, -0.25) is 28.8 Å². The van der Waals surface area contributed by atoms with Crippen LogP contribution in [0.3, 0.4) is 0 Å². The molecule has 0 atom stereocenters. The molecule has 2 saturated carbocycles. The van der Waals surface area contributed by atoms with Crippen LogP contribution in [0.25, 0.3) is 21.5 Å². The number of hydrogen-bond donors (Lipinski definition) is 3. The second-order valence-corrected chi connectivity index (χ2v) is 20.7. The molecule has 4 aliphatic rings. The molecule has 4 heterocycles.